The molecule has 0 aromatic heterocycles. The highest BCUT2D eigenvalue weighted by molar-refractivity contribution is 5.78. The average molecular weight is 329 g/mol. The highest BCUT2D eigenvalue weighted by Gasteiger charge is 2.33. The van der Waals surface area contributed by atoms with Crippen LogP contribution in [0.4, 0.5) is 13.2 Å². The maximum atomic E-state index is 13.1. The summed E-state index contributed by atoms with van der Waals surface area (Å²) in [6.07, 6.45) is 1.09. The van der Waals surface area contributed by atoms with Crippen molar-refractivity contribution in [3.05, 3.63) is 29.3 Å². The first kappa shape index (κ1) is 17.4. The molecular formula is C16H22F3N3O. The Bertz CT molecular complexity index is 552. The molecule has 7 heteroatoms. The van der Waals surface area contributed by atoms with Crippen molar-refractivity contribution in [2.45, 2.75) is 50.9 Å². The fraction of sp³-hybridized carbons (Fsp3) is 0.562. The van der Waals surface area contributed by atoms with Crippen LogP contribution >= 0.6 is 0 Å². The molecule has 4 nitrogen and oxygen atoms in total. The summed E-state index contributed by atoms with van der Waals surface area (Å²) in [6, 6.07) is 4.12. The Kier molecular flexibility index (Phi) is 5.74. The number of benzene rings is 1. The fourth-order valence-corrected chi connectivity index (χ4v) is 2.76. The number of alkyl halides is 3. The van der Waals surface area contributed by atoms with E-state index in [2.05, 4.69) is 10.3 Å². The van der Waals surface area contributed by atoms with E-state index in [0.29, 0.717) is 0 Å². The molecule has 0 amide bonds. The van der Waals surface area contributed by atoms with Gasteiger partial charge in [0.2, 0.25) is 0 Å². The van der Waals surface area contributed by atoms with Crippen molar-refractivity contribution < 1.29 is 17.9 Å². The van der Waals surface area contributed by atoms with Gasteiger partial charge in [-0.2, -0.15) is 13.2 Å². The summed E-state index contributed by atoms with van der Waals surface area (Å²) in [5.74, 6) is 0.360. The molecule has 0 unspecified atom stereocenters. The van der Waals surface area contributed by atoms with Crippen molar-refractivity contribution in [1.29, 1.82) is 0 Å². The lowest BCUT2D eigenvalue weighted by Gasteiger charge is -2.23. The van der Waals surface area contributed by atoms with Gasteiger partial charge < -0.3 is 15.8 Å². The van der Waals surface area contributed by atoms with Gasteiger partial charge in [-0.25, -0.2) is 4.99 Å². The van der Waals surface area contributed by atoms with Crippen molar-refractivity contribution in [1.82, 2.24) is 5.32 Å². The van der Waals surface area contributed by atoms with Gasteiger partial charge in [0.1, 0.15) is 5.75 Å². The molecule has 0 atom stereocenters. The lowest BCUT2D eigenvalue weighted by atomic mass is 9.96. The molecule has 0 aliphatic heterocycles. The molecule has 1 saturated carbocycles. The molecule has 3 N–H and O–H groups in total. The number of nitrogens with two attached hydrogens (primary N) is 1. The van der Waals surface area contributed by atoms with E-state index in [9.17, 15) is 13.2 Å². The van der Waals surface area contributed by atoms with E-state index < -0.39 is 11.7 Å². The summed E-state index contributed by atoms with van der Waals surface area (Å²) < 4.78 is 44.2. The number of hydrogen-bond donors (Lipinski definition) is 2. The second-order valence-corrected chi connectivity index (χ2v) is 5.70. The third-order valence-corrected chi connectivity index (χ3v) is 4.00. The molecule has 1 aliphatic rings. The van der Waals surface area contributed by atoms with Crippen molar-refractivity contribution in [3.63, 3.8) is 0 Å². The number of halogens is 3. The maximum absolute atomic E-state index is 13.1. The first-order valence-electron chi connectivity index (χ1n) is 7.70. The molecule has 128 valence electrons. The molecule has 1 aliphatic carbocycles. The van der Waals surface area contributed by atoms with Crippen LogP contribution in [0.1, 0.15) is 43.2 Å². The van der Waals surface area contributed by atoms with Gasteiger partial charge in [-0.3, -0.25) is 0 Å². The number of hydrogen-bond acceptors (Lipinski definition) is 2. The number of rotatable bonds is 4. The normalized spacial score (nSPS) is 17.1. The van der Waals surface area contributed by atoms with Crippen LogP contribution < -0.4 is 15.8 Å². The minimum atomic E-state index is -4.45. The van der Waals surface area contributed by atoms with E-state index in [1.54, 1.807) is 0 Å². The minimum Gasteiger partial charge on any atom is -0.497 e. The molecule has 0 heterocycles. The second-order valence-electron chi connectivity index (χ2n) is 5.70. The van der Waals surface area contributed by atoms with Crippen LogP contribution in [-0.2, 0) is 12.7 Å². The first-order valence-corrected chi connectivity index (χ1v) is 7.70. The zero-order valence-corrected chi connectivity index (χ0v) is 13.1. The van der Waals surface area contributed by atoms with E-state index >= 15 is 0 Å². The third-order valence-electron chi connectivity index (χ3n) is 4.00. The van der Waals surface area contributed by atoms with E-state index in [1.807, 2.05) is 0 Å². The molecule has 0 saturated heterocycles. The van der Waals surface area contributed by atoms with E-state index in [1.165, 1.54) is 25.7 Å². The number of ether oxygens (including phenoxy) is 1. The Labute approximate surface area is 133 Å². The smallest absolute Gasteiger partial charge is 0.416 e. The lowest BCUT2D eigenvalue weighted by molar-refractivity contribution is -0.138. The van der Waals surface area contributed by atoms with Crippen molar-refractivity contribution in [2.75, 3.05) is 7.11 Å². The standard InChI is InChI=1S/C16H22F3N3O/c1-23-13-8-7-11(14(9-13)16(17,18)19)10-21-15(20)22-12-5-3-2-4-6-12/h7-9,12H,2-6,10H2,1H3,(H3,20,21,22). The van der Waals surface area contributed by atoms with Gasteiger partial charge in [-0.05, 0) is 30.5 Å². The Morgan fingerprint density at radius 1 is 1.30 bits per heavy atom. The first-order chi connectivity index (χ1) is 10.9. The van der Waals surface area contributed by atoms with E-state index in [-0.39, 0.29) is 29.9 Å². The van der Waals surface area contributed by atoms with Gasteiger partial charge in [0, 0.05) is 6.04 Å². The van der Waals surface area contributed by atoms with Crippen LogP contribution in [0.15, 0.2) is 23.2 Å². The van der Waals surface area contributed by atoms with Gasteiger partial charge in [0.25, 0.3) is 0 Å². The number of nitrogens with zero attached hydrogens (tertiary/aromatic N) is 1. The molecule has 1 aromatic rings. The molecule has 0 radical (unpaired) electrons. The predicted molar refractivity (Wildman–Crippen MR) is 83.3 cm³/mol. The molecular weight excluding hydrogens is 307 g/mol. The number of guanidine groups is 1. The van der Waals surface area contributed by atoms with Gasteiger partial charge >= 0.3 is 6.18 Å². The molecule has 23 heavy (non-hydrogen) atoms. The summed E-state index contributed by atoms with van der Waals surface area (Å²) in [5, 5.41) is 3.09. The topological polar surface area (TPSA) is 59.6 Å². The molecule has 1 fully saturated rings. The van der Waals surface area contributed by atoms with Crippen LogP contribution in [0.5, 0.6) is 5.75 Å². The van der Waals surface area contributed by atoms with Gasteiger partial charge in [-0.1, -0.05) is 25.3 Å². The minimum absolute atomic E-state index is 0.0756. The lowest BCUT2D eigenvalue weighted by Crippen LogP contribution is -2.41. The van der Waals surface area contributed by atoms with Crippen molar-refractivity contribution in [3.8, 4) is 5.75 Å². The van der Waals surface area contributed by atoms with Crippen LogP contribution in [0.25, 0.3) is 0 Å². The molecule has 2 rings (SSSR count). The largest absolute Gasteiger partial charge is 0.497 e. The summed E-state index contributed by atoms with van der Waals surface area (Å²) in [4.78, 5) is 4.06. The summed E-state index contributed by atoms with van der Waals surface area (Å²) >= 11 is 0. The van der Waals surface area contributed by atoms with Crippen molar-refractivity contribution >= 4 is 5.96 Å². The summed E-state index contributed by atoms with van der Waals surface area (Å²) in [6.45, 7) is -0.121. The van der Waals surface area contributed by atoms with E-state index in [0.717, 1.165) is 31.7 Å². The molecule has 0 bridgehead atoms. The van der Waals surface area contributed by atoms with Crippen molar-refractivity contribution in [2.24, 2.45) is 10.7 Å². The zero-order valence-electron chi connectivity index (χ0n) is 13.1. The average Bonchev–Trinajstić information content (AvgIpc) is 2.53. The van der Waals surface area contributed by atoms with Crippen LogP contribution in [0.3, 0.4) is 0 Å². The van der Waals surface area contributed by atoms with Crippen LogP contribution in [0.2, 0.25) is 0 Å². The highest BCUT2D eigenvalue weighted by atomic mass is 19.4. The number of aliphatic imine (C=N–C) groups is 1. The fourth-order valence-electron chi connectivity index (χ4n) is 2.76. The third kappa shape index (κ3) is 5.04. The quantitative estimate of drug-likeness (QED) is 0.657. The van der Waals surface area contributed by atoms with Crippen LogP contribution in [-0.4, -0.2) is 19.1 Å². The summed E-state index contributed by atoms with van der Waals surface area (Å²) in [7, 11) is 1.33. The number of nitrogens with one attached hydrogen (secondary N) is 1. The Balaban J connectivity index is 2.07. The van der Waals surface area contributed by atoms with Crippen LogP contribution in [0, 0.1) is 0 Å². The maximum Gasteiger partial charge on any atom is 0.416 e. The Hall–Kier alpha value is -1.92. The highest BCUT2D eigenvalue weighted by Crippen LogP contribution is 2.34. The Morgan fingerprint density at radius 3 is 2.61 bits per heavy atom. The van der Waals surface area contributed by atoms with E-state index in [4.69, 9.17) is 10.5 Å². The monoisotopic (exact) mass is 329 g/mol. The number of methoxy groups -OCH3 is 1. The molecule has 0 spiro atoms. The van der Waals surface area contributed by atoms with Gasteiger partial charge in [0.15, 0.2) is 5.96 Å². The predicted octanol–water partition coefficient (Wildman–Crippen LogP) is 3.45. The zero-order chi connectivity index (χ0) is 16.9. The summed E-state index contributed by atoms with van der Waals surface area (Å²) in [5.41, 5.74) is 5.13. The molecule has 1 aromatic carbocycles. The second kappa shape index (κ2) is 7.57. The van der Waals surface area contributed by atoms with Gasteiger partial charge in [0.05, 0.1) is 19.2 Å². The van der Waals surface area contributed by atoms with Gasteiger partial charge in [-0.15, -0.1) is 0 Å². The SMILES string of the molecule is COc1ccc(CN=C(N)NC2CCCCC2)c(C(F)(F)F)c1. The Morgan fingerprint density at radius 2 is 2.00 bits per heavy atom.